The molecule has 1 saturated heterocycles. The van der Waals surface area contributed by atoms with Crippen LogP contribution in [0.5, 0.6) is 0 Å². The Morgan fingerprint density at radius 2 is 2.11 bits per heavy atom. The smallest absolute Gasteiger partial charge is 0.101 e. The van der Waals surface area contributed by atoms with E-state index in [-0.39, 0.29) is 0 Å². The van der Waals surface area contributed by atoms with E-state index < -0.39 is 0 Å². The third kappa shape index (κ3) is 3.73. The standard InChI is InChI=1S/C14H19N3O/c15-11-12-3-1-2-4-14(12)17-9-10-18-13-5-7-16-8-6-13/h1-4,13,16-17H,5-10H2. The van der Waals surface area contributed by atoms with Crippen molar-refractivity contribution in [2.45, 2.75) is 18.9 Å². The summed E-state index contributed by atoms with van der Waals surface area (Å²) in [6.45, 7) is 3.53. The van der Waals surface area contributed by atoms with E-state index in [0.29, 0.717) is 18.3 Å². The zero-order chi connectivity index (χ0) is 12.6. The van der Waals surface area contributed by atoms with E-state index in [4.69, 9.17) is 10.00 Å². The van der Waals surface area contributed by atoms with Crippen molar-refractivity contribution in [1.29, 1.82) is 5.26 Å². The highest BCUT2D eigenvalue weighted by Crippen LogP contribution is 2.13. The number of hydrogen-bond donors (Lipinski definition) is 2. The Balaban J connectivity index is 1.70. The Labute approximate surface area is 108 Å². The molecule has 0 radical (unpaired) electrons. The molecule has 0 atom stereocenters. The highest BCUT2D eigenvalue weighted by Gasteiger charge is 2.12. The highest BCUT2D eigenvalue weighted by atomic mass is 16.5. The van der Waals surface area contributed by atoms with Gasteiger partial charge in [-0.2, -0.15) is 5.26 Å². The van der Waals surface area contributed by atoms with Crippen LogP contribution in [-0.4, -0.2) is 32.3 Å². The largest absolute Gasteiger partial charge is 0.382 e. The van der Waals surface area contributed by atoms with Crippen LogP contribution in [0.1, 0.15) is 18.4 Å². The molecule has 2 rings (SSSR count). The van der Waals surface area contributed by atoms with Gasteiger partial charge in [-0.3, -0.25) is 0 Å². The lowest BCUT2D eigenvalue weighted by Crippen LogP contribution is -2.33. The SMILES string of the molecule is N#Cc1ccccc1NCCOC1CCNCC1. The third-order valence-electron chi connectivity index (χ3n) is 3.10. The van der Waals surface area contributed by atoms with Crippen LogP contribution in [0.25, 0.3) is 0 Å². The van der Waals surface area contributed by atoms with Crippen molar-refractivity contribution in [2.24, 2.45) is 0 Å². The number of nitriles is 1. The predicted molar refractivity (Wildman–Crippen MR) is 71.5 cm³/mol. The van der Waals surface area contributed by atoms with Crippen molar-refractivity contribution in [3.05, 3.63) is 29.8 Å². The second kappa shape index (κ2) is 7.00. The molecule has 0 aliphatic carbocycles. The summed E-state index contributed by atoms with van der Waals surface area (Å²) in [5.74, 6) is 0. The zero-order valence-corrected chi connectivity index (χ0v) is 10.5. The molecule has 2 N–H and O–H groups in total. The minimum absolute atomic E-state index is 0.388. The molecule has 0 spiro atoms. The summed E-state index contributed by atoms with van der Waals surface area (Å²) in [7, 11) is 0. The molecule has 0 aromatic heterocycles. The summed E-state index contributed by atoms with van der Waals surface area (Å²) in [5.41, 5.74) is 1.56. The van der Waals surface area contributed by atoms with Gasteiger partial charge in [-0.15, -0.1) is 0 Å². The molecular formula is C14H19N3O. The number of hydrogen-bond acceptors (Lipinski definition) is 4. The molecule has 18 heavy (non-hydrogen) atoms. The van der Waals surface area contributed by atoms with E-state index in [1.807, 2.05) is 24.3 Å². The Kier molecular flexibility index (Phi) is 5.00. The maximum atomic E-state index is 8.95. The van der Waals surface area contributed by atoms with Gasteiger partial charge in [0, 0.05) is 6.54 Å². The molecule has 0 unspecified atom stereocenters. The molecule has 1 heterocycles. The first-order chi connectivity index (χ1) is 8.90. The van der Waals surface area contributed by atoms with Crippen LogP contribution in [0.2, 0.25) is 0 Å². The van der Waals surface area contributed by atoms with Crippen LogP contribution >= 0.6 is 0 Å². The molecule has 1 aliphatic heterocycles. The first-order valence-corrected chi connectivity index (χ1v) is 6.45. The van der Waals surface area contributed by atoms with Gasteiger partial charge >= 0.3 is 0 Å². The maximum absolute atomic E-state index is 8.95. The molecule has 0 bridgehead atoms. The van der Waals surface area contributed by atoms with Gasteiger partial charge in [0.25, 0.3) is 0 Å². The minimum Gasteiger partial charge on any atom is -0.382 e. The fourth-order valence-electron chi connectivity index (χ4n) is 2.11. The second-order valence-electron chi connectivity index (χ2n) is 4.40. The third-order valence-corrected chi connectivity index (χ3v) is 3.10. The number of ether oxygens (including phenoxy) is 1. The molecule has 4 nitrogen and oxygen atoms in total. The lowest BCUT2D eigenvalue weighted by molar-refractivity contribution is 0.0394. The minimum atomic E-state index is 0.388. The Hall–Kier alpha value is -1.57. The van der Waals surface area contributed by atoms with E-state index in [2.05, 4.69) is 16.7 Å². The van der Waals surface area contributed by atoms with Crippen LogP contribution in [0.15, 0.2) is 24.3 Å². The number of nitrogens with one attached hydrogen (secondary N) is 2. The predicted octanol–water partition coefficient (Wildman–Crippen LogP) is 1.74. The fourth-order valence-corrected chi connectivity index (χ4v) is 2.11. The molecule has 1 aromatic rings. The summed E-state index contributed by atoms with van der Waals surface area (Å²) in [4.78, 5) is 0. The summed E-state index contributed by atoms with van der Waals surface area (Å²) in [6, 6.07) is 9.71. The van der Waals surface area contributed by atoms with Crippen molar-refractivity contribution in [1.82, 2.24) is 5.32 Å². The van der Waals surface area contributed by atoms with Crippen molar-refractivity contribution < 1.29 is 4.74 Å². The van der Waals surface area contributed by atoms with Gasteiger partial charge in [0.1, 0.15) is 6.07 Å². The van der Waals surface area contributed by atoms with Gasteiger partial charge < -0.3 is 15.4 Å². The molecule has 0 saturated carbocycles. The number of anilines is 1. The van der Waals surface area contributed by atoms with Crippen LogP contribution in [0.3, 0.4) is 0 Å². The summed E-state index contributed by atoms with van der Waals surface area (Å²) in [6.07, 6.45) is 2.57. The lowest BCUT2D eigenvalue weighted by atomic mass is 10.1. The first-order valence-electron chi connectivity index (χ1n) is 6.45. The van der Waals surface area contributed by atoms with Gasteiger partial charge in [-0.1, -0.05) is 12.1 Å². The van der Waals surface area contributed by atoms with Crippen molar-refractivity contribution in [3.63, 3.8) is 0 Å². The average molecular weight is 245 g/mol. The number of benzene rings is 1. The molecule has 0 amide bonds. The lowest BCUT2D eigenvalue weighted by Gasteiger charge is -2.23. The van der Waals surface area contributed by atoms with Gasteiger partial charge in [0.2, 0.25) is 0 Å². The van der Waals surface area contributed by atoms with Crippen LogP contribution < -0.4 is 10.6 Å². The second-order valence-corrected chi connectivity index (χ2v) is 4.40. The van der Waals surface area contributed by atoms with Crippen molar-refractivity contribution in [3.8, 4) is 6.07 Å². The van der Waals surface area contributed by atoms with Gasteiger partial charge in [0.05, 0.1) is 24.0 Å². The molecule has 96 valence electrons. The molecule has 1 aromatic carbocycles. The van der Waals surface area contributed by atoms with E-state index in [1.165, 1.54) is 0 Å². The van der Waals surface area contributed by atoms with E-state index >= 15 is 0 Å². The van der Waals surface area contributed by atoms with E-state index in [1.54, 1.807) is 0 Å². The van der Waals surface area contributed by atoms with Gasteiger partial charge in [-0.05, 0) is 38.1 Å². The summed E-state index contributed by atoms with van der Waals surface area (Å²) in [5, 5.41) is 15.5. The molecule has 1 fully saturated rings. The highest BCUT2D eigenvalue weighted by molar-refractivity contribution is 5.56. The van der Waals surface area contributed by atoms with E-state index in [0.717, 1.165) is 38.2 Å². The Bertz CT molecular complexity index is 408. The van der Waals surface area contributed by atoms with Gasteiger partial charge in [0.15, 0.2) is 0 Å². The Morgan fingerprint density at radius 1 is 1.33 bits per heavy atom. The molecule has 1 aliphatic rings. The van der Waals surface area contributed by atoms with Crippen molar-refractivity contribution >= 4 is 5.69 Å². The zero-order valence-electron chi connectivity index (χ0n) is 10.5. The number of rotatable bonds is 5. The number of para-hydroxylation sites is 1. The van der Waals surface area contributed by atoms with E-state index in [9.17, 15) is 0 Å². The monoisotopic (exact) mass is 245 g/mol. The first kappa shape index (κ1) is 12.9. The van der Waals surface area contributed by atoms with Gasteiger partial charge in [-0.25, -0.2) is 0 Å². The quantitative estimate of drug-likeness (QED) is 0.776. The van der Waals surface area contributed by atoms with Crippen LogP contribution in [-0.2, 0) is 4.74 Å². The topological polar surface area (TPSA) is 57.1 Å². The maximum Gasteiger partial charge on any atom is 0.101 e. The average Bonchev–Trinajstić information content (AvgIpc) is 2.45. The fraction of sp³-hybridized carbons (Fsp3) is 0.500. The van der Waals surface area contributed by atoms with Crippen LogP contribution in [0, 0.1) is 11.3 Å². The summed E-state index contributed by atoms with van der Waals surface area (Å²) >= 11 is 0. The summed E-state index contributed by atoms with van der Waals surface area (Å²) < 4.78 is 5.79. The van der Waals surface area contributed by atoms with Crippen molar-refractivity contribution in [2.75, 3.05) is 31.6 Å². The normalized spacial score (nSPS) is 16.2. The Morgan fingerprint density at radius 3 is 2.89 bits per heavy atom. The molecule has 4 heteroatoms. The molecular weight excluding hydrogens is 226 g/mol. The number of nitrogens with zero attached hydrogens (tertiary/aromatic N) is 1. The van der Waals surface area contributed by atoms with Crippen LogP contribution in [0.4, 0.5) is 5.69 Å². The number of piperidine rings is 1.